The molecule has 0 aromatic heterocycles. The van der Waals surface area contributed by atoms with E-state index >= 15 is 0 Å². The van der Waals surface area contributed by atoms with E-state index in [9.17, 15) is 10.2 Å². The van der Waals surface area contributed by atoms with E-state index in [1.807, 2.05) is 20.8 Å². The van der Waals surface area contributed by atoms with Crippen molar-refractivity contribution in [1.29, 1.82) is 0 Å². The first-order valence-electron chi connectivity index (χ1n) is 12.7. The topological polar surface area (TPSA) is 77.4 Å². The van der Waals surface area contributed by atoms with Gasteiger partial charge in [0.15, 0.2) is 14.1 Å². The minimum atomic E-state index is -2.31. The molecular formula is C25H54O6Si2. The number of ether oxygens (including phenoxy) is 2. The molecule has 1 aliphatic heterocycles. The zero-order chi connectivity index (χ0) is 26.2. The summed E-state index contributed by atoms with van der Waals surface area (Å²) in [5.41, 5.74) is 1.18. The monoisotopic (exact) mass is 506 g/mol. The molecule has 0 aromatic carbocycles. The van der Waals surface area contributed by atoms with Gasteiger partial charge in [0.1, 0.15) is 24.4 Å². The van der Waals surface area contributed by atoms with Gasteiger partial charge in [-0.2, -0.15) is 0 Å². The molecule has 1 saturated heterocycles. The molecule has 0 saturated carbocycles. The molecule has 1 rings (SSSR count). The Morgan fingerprint density at radius 2 is 1.33 bits per heavy atom. The van der Waals surface area contributed by atoms with Gasteiger partial charge < -0.3 is 28.5 Å². The molecule has 1 fully saturated rings. The molecule has 2 N–H and O–H groups in total. The zero-order valence-corrected chi connectivity index (χ0v) is 25.9. The van der Waals surface area contributed by atoms with Gasteiger partial charge in [0.05, 0.1) is 12.7 Å². The van der Waals surface area contributed by atoms with Crippen molar-refractivity contribution in [3.05, 3.63) is 0 Å². The smallest absolute Gasteiger partial charge is 0.200 e. The molecule has 0 spiro atoms. The van der Waals surface area contributed by atoms with Crippen molar-refractivity contribution < 1.29 is 28.5 Å². The van der Waals surface area contributed by atoms with Crippen molar-refractivity contribution in [2.45, 2.75) is 154 Å². The maximum absolute atomic E-state index is 11.6. The van der Waals surface area contributed by atoms with Crippen LogP contribution in [0.3, 0.4) is 0 Å². The summed E-state index contributed by atoms with van der Waals surface area (Å²) >= 11 is 0. The molecule has 0 bridgehead atoms. The van der Waals surface area contributed by atoms with E-state index in [1.165, 1.54) is 0 Å². The summed E-state index contributed by atoms with van der Waals surface area (Å²) in [7, 11) is -4.54. The fourth-order valence-corrected chi connectivity index (χ4v) is 11.9. The first-order chi connectivity index (χ1) is 14.7. The normalized spacial score (nSPS) is 23.9. The van der Waals surface area contributed by atoms with Crippen LogP contribution in [0.15, 0.2) is 0 Å². The Kier molecular flexibility index (Phi) is 10.5. The van der Waals surface area contributed by atoms with Crippen molar-refractivity contribution >= 4 is 16.6 Å². The van der Waals surface area contributed by atoms with Crippen LogP contribution in [-0.2, 0) is 18.3 Å². The van der Waals surface area contributed by atoms with Crippen LogP contribution in [0.2, 0.25) is 34.8 Å². The van der Waals surface area contributed by atoms with Gasteiger partial charge in [0, 0.05) is 0 Å². The SMILES string of the molecule is CC(C)[Si](O[C@@H](C)[C@H](O)[C@@H](O[Si](C)(C)C(C)(C)C)[C@H](O)[C@@H]1COC(C)(C)O1)(C(C)C)C(C)C. The van der Waals surface area contributed by atoms with Crippen LogP contribution < -0.4 is 0 Å². The quantitative estimate of drug-likeness (QED) is 0.343. The second kappa shape index (κ2) is 11.1. The highest BCUT2D eigenvalue weighted by Crippen LogP contribution is 2.44. The van der Waals surface area contributed by atoms with E-state index in [1.54, 1.807) is 0 Å². The van der Waals surface area contributed by atoms with E-state index in [4.69, 9.17) is 18.3 Å². The molecule has 0 radical (unpaired) electrons. The fraction of sp³-hybridized carbons (Fsp3) is 1.00. The van der Waals surface area contributed by atoms with Gasteiger partial charge in [-0.25, -0.2) is 0 Å². The lowest BCUT2D eigenvalue weighted by Gasteiger charge is -2.47. The number of hydrogen-bond acceptors (Lipinski definition) is 6. The van der Waals surface area contributed by atoms with Crippen molar-refractivity contribution in [2.24, 2.45) is 0 Å². The highest BCUT2D eigenvalue weighted by Gasteiger charge is 2.51. The van der Waals surface area contributed by atoms with Crippen molar-refractivity contribution in [3.8, 4) is 0 Å². The largest absolute Gasteiger partial charge is 0.411 e. The Balaban J connectivity index is 3.30. The molecule has 1 aliphatic rings. The summed E-state index contributed by atoms with van der Waals surface area (Å²) in [6.45, 7) is 30.0. The van der Waals surface area contributed by atoms with E-state index in [-0.39, 0.29) is 11.6 Å². The summed E-state index contributed by atoms with van der Waals surface area (Å²) in [4.78, 5) is 0. The lowest BCUT2D eigenvalue weighted by molar-refractivity contribution is -0.171. The van der Waals surface area contributed by atoms with Crippen LogP contribution in [0.1, 0.15) is 83.1 Å². The molecule has 0 aliphatic carbocycles. The first-order valence-corrected chi connectivity index (χ1v) is 17.8. The van der Waals surface area contributed by atoms with Crippen molar-refractivity contribution in [3.63, 3.8) is 0 Å². The average molecular weight is 507 g/mol. The second-order valence-corrected chi connectivity index (χ2v) is 23.0. The van der Waals surface area contributed by atoms with E-state index in [2.05, 4.69) is 75.4 Å². The molecular weight excluding hydrogens is 452 g/mol. The molecule has 0 unspecified atom stereocenters. The predicted octanol–water partition coefficient (Wildman–Crippen LogP) is 5.83. The number of rotatable bonds is 11. The molecule has 0 aromatic rings. The van der Waals surface area contributed by atoms with Gasteiger partial charge in [0.25, 0.3) is 0 Å². The van der Waals surface area contributed by atoms with Crippen LogP contribution in [0, 0.1) is 0 Å². The first kappa shape index (κ1) is 31.2. The molecule has 8 heteroatoms. The third kappa shape index (κ3) is 7.12. The maximum atomic E-state index is 11.6. The zero-order valence-electron chi connectivity index (χ0n) is 23.9. The van der Waals surface area contributed by atoms with Crippen LogP contribution >= 0.6 is 0 Å². The van der Waals surface area contributed by atoms with Crippen LogP contribution in [0.25, 0.3) is 0 Å². The standard InChI is InChI=1S/C25H54O6Si2/c1-16(2)33(17(3)4,18(5)6)30-19(7)21(26)23(31-32(13,14)24(8,9)10)22(27)20-15-28-25(11,12)29-20/h16-23,26-27H,15H2,1-14H3/t19-,20-,21-,22+,23+/m0/s1. The van der Waals surface area contributed by atoms with Crippen LogP contribution in [0.5, 0.6) is 0 Å². The lowest BCUT2D eigenvalue weighted by Crippen LogP contribution is -2.59. The summed E-state index contributed by atoms with van der Waals surface area (Å²) < 4.78 is 25.2. The van der Waals surface area contributed by atoms with Gasteiger partial charge in [-0.3, -0.25) is 0 Å². The Morgan fingerprint density at radius 3 is 1.67 bits per heavy atom. The maximum Gasteiger partial charge on any atom is 0.200 e. The van der Waals surface area contributed by atoms with Crippen molar-refractivity contribution in [1.82, 2.24) is 0 Å². The summed E-state index contributed by atoms with van der Waals surface area (Å²) in [5.74, 6) is -0.769. The fourth-order valence-electron chi connectivity index (χ4n) is 5.02. The van der Waals surface area contributed by atoms with Gasteiger partial charge in [0.2, 0.25) is 8.32 Å². The molecule has 198 valence electrons. The molecule has 6 nitrogen and oxygen atoms in total. The highest BCUT2D eigenvalue weighted by atomic mass is 28.4. The lowest BCUT2D eigenvalue weighted by atomic mass is 10.0. The third-order valence-electron chi connectivity index (χ3n) is 7.90. The Labute approximate surface area is 206 Å². The van der Waals surface area contributed by atoms with E-state index in [0.29, 0.717) is 16.6 Å². The molecule has 33 heavy (non-hydrogen) atoms. The molecule has 5 atom stereocenters. The van der Waals surface area contributed by atoms with Gasteiger partial charge >= 0.3 is 0 Å². The van der Waals surface area contributed by atoms with Crippen LogP contribution in [-0.4, -0.2) is 69.8 Å². The van der Waals surface area contributed by atoms with E-state index < -0.39 is 52.9 Å². The minimum absolute atomic E-state index is 0.0760. The van der Waals surface area contributed by atoms with Crippen molar-refractivity contribution in [2.75, 3.05) is 6.61 Å². The minimum Gasteiger partial charge on any atom is -0.411 e. The van der Waals surface area contributed by atoms with E-state index in [0.717, 1.165) is 0 Å². The van der Waals surface area contributed by atoms with Gasteiger partial charge in [-0.1, -0.05) is 62.3 Å². The Hall–Kier alpha value is 0.194. The number of aliphatic hydroxyl groups excluding tert-OH is 2. The average Bonchev–Trinajstić information content (AvgIpc) is 3.00. The Morgan fingerprint density at radius 1 is 0.879 bits per heavy atom. The number of hydrogen-bond donors (Lipinski definition) is 2. The molecule has 1 heterocycles. The van der Waals surface area contributed by atoms with Crippen LogP contribution in [0.4, 0.5) is 0 Å². The summed E-state index contributed by atoms with van der Waals surface area (Å²) in [6.07, 6.45) is -3.91. The second-order valence-electron chi connectivity index (χ2n) is 12.8. The van der Waals surface area contributed by atoms with Gasteiger partial charge in [-0.15, -0.1) is 0 Å². The third-order valence-corrected chi connectivity index (χ3v) is 18.6. The number of aliphatic hydroxyl groups is 2. The summed E-state index contributed by atoms with van der Waals surface area (Å²) in [6, 6.07) is 0. The predicted molar refractivity (Wildman–Crippen MR) is 141 cm³/mol. The Bertz CT molecular complexity index is 593. The van der Waals surface area contributed by atoms with Gasteiger partial charge in [-0.05, 0) is 55.5 Å². The summed E-state index contributed by atoms with van der Waals surface area (Å²) in [5, 5.41) is 22.9. The highest BCUT2D eigenvalue weighted by molar-refractivity contribution is 6.77. The molecule has 0 amide bonds.